The molecule has 0 saturated carbocycles. The third-order valence-corrected chi connectivity index (χ3v) is 5.55. The van der Waals surface area contributed by atoms with Crippen molar-refractivity contribution in [3.8, 4) is 0 Å². The number of carbonyl (C=O) groups excluding carboxylic acids is 1. The molecule has 0 aromatic carbocycles. The predicted octanol–water partition coefficient (Wildman–Crippen LogP) is 1.51. The summed E-state index contributed by atoms with van der Waals surface area (Å²) in [5, 5.41) is 1.19. The third-order valence-electron chi connectivity index (χ3n) is 5.55. The summed E-state index contributed by atoms with van der Waals surface area (Å²) in [6.45, 7) is 0.900. The highest BCUT2D eigenvalue weighted by Gasteiger charge is 2.27. The number of nitrogens with one attached hydrogen (secondary N) is 1. The van der Waals surface area contributed by atoms with Crippen molar-refractivity contribution in [1.29, 1.82) is 0 Å². The second-order valence-electron chi connectivity index (χ2n) is 7.31. The van der Waals surface area contributed by atoms with E-state index in [4.69, 9.17) is 0 Å². The Balaban J connectivity index is 1.37. The van der Waals surface area contributed by atoms with E-state index < -0.39 is 5.56 Å². The maximum Gasteiger partial charge on any atom is 0.263 e. The summed E-state index contributed by atoms with van der Waals surface area (Å²) in [6.07, 6.45) is 5.93. The number of nitrogens with zero attached hydrogens (tertiary/aromatic N) is 5. The van der Waals surface area contributed by atoms with Gasteiger partial charge in [0.1, 0.15) is 17.5 Å². The summed E-state index contributed by atoms with van der Waals surface area (Å²) >= 11 is 0. The van der Waals surface area contributed by atoms with Crippen LogP contribution in [0.15, 0.2) is 58.6 Å². The number of piperidine rings is 1. The third kappa shape index (κ3) is 3.04. The summed E-state index contributed by atoms with van der Waals surface area (Å²) < 4.78 is 1.63. The SMILES string of the molecule is O=C(c1cc2cccnc2[nH]c1=O)N1CCC(n2cnc3ncccc3c2=O)CC1. The van der Waals surface area contributed by atoms with Crippen molar-refractivity contribution >= 4 is 28.0 Å². The molecule has 0 bridgehead atoms. The van der Waals surface area contributed by atoms with Crippen molar-refractivity contribution in [2.45, 2.75) is 18.9 Å². The molecule has 0 aliphatic carbocycles. The number of hydrogen-bond acceptors (Lipinski definition) is 6. The Morgan fingerprint density at radius 2 is 1.80 bits per heavy atom. The molecule has 1 aliphatic rings. The highest BCUT2D eigenvalue weighted by atomic mass is 16.2. The first-order valence-corrected chi connectivity index (χ1v) is 9.71. The number of pyridine rings is 3. The van der Waals surface area contributed by atoms with Gasteiger partial charge in [-0.25, -0.2) is 15.0 Å². The van der Waals surface area contributed by atoms with Crippen LogP contribution in [0.5, 0.6) is 0 Å². The molecular formula is C21H18N6O3. The Hall–Kier alpha value is -3.88. The van der Waals surface area contributed by atoms with Gasteiger partial charge in [0.05, 0.1) is 5.39 Å². The molecule has 1 fully saturated rings. The zero-order chi connectivity index (χ0) is 20.7. The molecule has 1 saturated heterocycles. The van der Waals surface area contributed by atoms with E-state index in [1.165, 1.54) is 6.33 Å². The molecule has 0 spiro atoms. The van der Waals surface area contributed by atoms with Gasteiger partial charge >= 0.3 is 0 Å². The van der Waals surface area contributed by atoms with E-state index in [0.29, 0.717) is 48.0 Å². The molecular weight excluding hydrogens is 384 g/mol. The monoisotopic (exact) mass is 402 g/mol. The molecule has 4 aromatic rings. The normalized spacial score (nSPS) is 15.0. The van der Waals surface area contributed by atoms with Gasteiger partial charge in [-0.2, -0.15) is 0 Å². The first kappa shape index (κ1) is 18.2. The van der Waals surface area contributed by atoms with Gasteiger partial charge in [-0.15, -0.1) is 0 Å². The highest BCUT2D eigenvalue weighted by molar-refractivity contribution is 5.96. The van der Waals surface area contributed by atoms with Crippen molar-refractivity contribution in [2.24, 2.45) is 0 Å². The maximum absolute atomic E-state index is 12.9. The lowest BCUT2D eigenvalue weighted by Crippen LogP contribution is -2.42. The molecule has 9 heteroatoms. The molecule has 1 amide bonds. The molecule has 9 nitrogen and oxygen atoms in total. The molecule has 1 aliphatic heterocycles. The molecule has 30 heavy (non-hydrogen) atoms. The van der Waals surface area contributed by atoms with Crippen molar-refractivity contribution in [1.82, 2.24) is 29.4 Å². The van der Waals surface area contributed by atoms with Crippen molar-refractivity contribution in [3.05, 3.63) is 75.3 Å². The van der Waals surface area contributed by atoms with Crippen LogP contribution in [0.1, 0.15) is 29.2 Å². The van der Waals surface area contributed by atoms with Crippen LogP contribution in [-0.2, 0) is 0 Å². The predicted molar refractivity (Wildman–Crippen MR) is 110 cm³/mol. The number of aromatic nitrogens is 5. The Labute approximate surface area is 170 Å². The Kier molecular flexibility index (Phi) is 4.35. The highest BCUT2D eigenvalue weighted by Crippen LogP contribution is 2.22. The van der Waals surface area contributed by atoms with E-state index in [1.54, 1.807) is 52.2 Å². The van der Waals surface area contributed by atoms with E-state index in [2.05, 4.69) is 19.9 Å². The van der Waals surface area contributed by atoms with Gasteiger partial charge in [-0.1, -0.05) is 0 Å². The van der Waals surface area contributed by atoms with Gasteiger partial charge < -0.3 is 9.88 Å². The van der Waals surface area contributed by atoms with Crippen LogP contribution in [0.3, 0.4) is 0 Å². The number of amides is 1. The topological polar surface area (TPSA) is 114 Å². The minimum atomic E-state index is -0.448. The van der Waals surface area contributed by atoms with Crippen molar-refractivity contribution in [3.63, 3.8) is 0 Å². The number of H-pyrrole nitrogens is 1. The standard InChI is InChI=1S/C21H18N6O3/c28-19-16(11-13-3-1-7-22-17(13)25-19)20(29)26-9-5-14(6-10-26)27-12-24-18-15(21(27)30)4-2-8-23-18/h1-4,7-8,11-12,14H,5-6,9-10H2,(H,22,25,28). The lowest BCUT2D eigenvalue weighted by atomic mass is 10.0. The number of aromatic amines is 1. The van der Waals surface area contributed by atoms with Gasteiger partial charge in [0.25, 0.3) is 17.0 Å². The van der Waals surface area contributed by atoms with E-state index in [-0.39, 0.29) is 23.1 Å². The van der Waals surface area contributed by atoms with Crippen LogP contribution in [0.2, 0.25) is 0 Å². The summed E-state index contributed by atoms with van der Waals surface area (Å²) in [4.78, 5) is 54.9. The van der Waals surface area contributed by atoms with E-state index in [9.17, 15) is 14.4 Å². The van der Waals surface area contributed by atoms with Crippen molar-refractivity contribution < 1.29 is 4.79 Å². The van der Waals surface area contributed by atoms with Gasteiger partial charge in [0.15, 0.2) is 5.65 Å². The average molecular weight is 402 g/mol. The molecule has 0 unspecified atom stereocenters. The first-order valence-electron chi connectivity index (χ1n) is 9.71. The second-order valence-corrected chi connectivity index (χ2v) is 7.31. The van der Waals surface area contributed by atoms with E-state index in [1.807, 2.05) is 0 Å². The van der Waals surface area contributed by atoms with Crippen molar-refractivity contribution in [2.75, 3.05) is 13.1 Å². The fraction of sp³-hybridized carbons (Fsp3) is 0.238. The fourth-order valence-electron chi connectivity index (χ4n) is 3.95. The van der Waals surface area contributed by atoms with Crippen LogP contribution in [0.25, 0.3) is 22.1 Å². The summed E-state index contributed by atoms with van der Waals surface area (Å²) in [5.41, 5.74) is 0.406. The number of fused-ring (bicyclic) bond motifs is 2. The minimum Gasteiger partial charge on any atom is -0.338 e. The second kappa shape index (κ2) is 7.18. The maximum atomic E-state index is 12.9. The lowest BCUT2D eigenvalue weighted by Gasteiger charge is -2.32. The molecule has 0 atom stereocenters. The van der Waals surface area contributed by atoms with Crippen LogP contribution in [-0.4, -0.2) is 48.4 Å². The van der Waals surface area contributed by atoms with Crippen LogP contribution in [0.4, 0.5) is 0 Å². The molecule has 1 N–H and O–H groups in total. The first-order chi connectivity index (χ1) is 14.6. The van der Waals surface area contributed by atoms with Crippen LogP contribution >= 0.6 is 0 Å². The summed E-state index contributed by atoms with van der Waals surface area (Å²) in [5.74, 6) is -0.311. The lowest BCUT2D eigenvalue weighted by molar-refractivity contribution is 0.0691. The Morgan fingerprint density at radius 1 is 1.03 bits per heavy atom. The van der Waals surface area contributed by atoms with Crippen LogP contribution < -0.4 is 11.1 Å². The number of rotatable bonds is 2. The Morgan fingerprint density at radius 3 is 2.63 bits per heavy atom. The molecule has 5 rings (SSSR count). The smallest absolute Gasteiger partial charge is 0.263 e. The quantitative estimate of drug-likeness (QED) is 0.544. The summed E-state index contributed by atoms with van der Waals surface area (Å²) in [7, 11) is 0. The Bertz CT molecular complexity index is 1380. The van der Waals surface area contributed by atoms with Gasteiger partial charge in [0.2, 0.25) is 0 Å². The number of carbonyl (C=O) groups is 1. The van der Waals surface area contributed by atoms with E-state index in [0.717, 1.165) is 0 Å². The van der Waals surface area contributed by atoms with Crippen LogP contribution in [0, 0.1) is 0 Å². The summed E-state index contributed by atoms with van der Waals surface area (Å²) in [6, 6.07) is 8.51. The largest absolute Gasteiger partial charge is 0.338 e. The minimum absolute atomic E-state index is 0.0576. The fourth-order valence-corrected chi connectivity index (χ4v) is 3.95. The number of hydrogen-bond donors (Lipinski definition) is 1. The zero-order valence-corrected chi connectivity index (χ0v) is 16.0. The van der Waals surface area contributed by atoms with E-state index >= 15 is 0 Å². The molecule has 4 aromatic heterocycles. The van der Waals surface area contributed by atoms with Gasteiger partial charge in [-0.3, -0.25) is 19.0 Å². The molecule has 5 heterocycles. The molecule has 150 valence electrons. The molecule has 0 radical (unpaired) electrons. The van der Waals surface area contributed by atoms with Gasteiger partial charge in [-0.05, 0) is 43.2 Å². The zero-order valence-electron chi connectivity index (χ0n) is 16.0. The van der Waals surface area contributed by atoms with Gasteiger partial charge in [0, 0.05) is 36.9 Å². The number of likely N-dealkylation sites (tertiary alicyclic amines) is 1. The average Bonchev–Trinajstić information content (AvgIpc) is 2.79.